The molecule has 24 heavy (non-hydrogen) atoms. The number of aliphatic carboxylic acids is 1. The minimum absolute atomic E-state index is 0.134. The number of carboxylic acid groups (broad SMARTS) is 1. The van der Waals surface area contributed by atoms with E-state index in [0.29, 0.717) is 22.7 Å². The van der Waals surface area contributed by atoms with Crippen LogP contribution >= 0.6 is 11.6 Å². The van der Waals surface area contributed by atoms with Gasteiger partial charge < -0.3 is 10.0 Å². The molecule has 0 radical (unpaired) electrons. The lowest BCUT2D eigenvalue weighted by molar-refractivity contribution is -0.141. The second-order valence-electron chi connectivity index (χ2n) is 5.65. The highest BCUT2D eigenvalue weighted by Crippen LogP contribution is 2.23. The Morgan fingerprint density at radius 1 is 1.38 bits per heavy atom. The van der Waals surface area contributed by atoms with Gasteiger partial charge in [0.05, 0.1) is 34.1 Å². The van der Waals surface area contributed by atoms with Crippen molar-refractivity contribution in [3.63, 3.8) is 0 Å². The van der Waals surface area contributed by atoms with E-state index in [1.54, 1.807) is 24.7 Å². The molecule has 128 valence electrons. The van der Waals surface area contributed by atoms with Crippen LogP contribution in [0.25, 0.3) is 5.69 Å². The van der Waals surface area contributed by atoms with Gasteiger partial charge in [0, 0.05) is 13.6 Å². The second kappa shape index (κ2) is 7.49. The van der Waals surface area contributed by atoms with E-state index in [1.165, 1.54) is 11.1 Å². The number of halogens is 1. The predicted octanol–water partition coefficient (Wildman–Crippen LogP) is 2.88. The average Bonchev–Trinajstić information content (AvgIpc) is 2.97. The van der Waals surface area contributed by atoms with Gasteiger partial charge >= 0.3 is 5.97 Å². The zero-order valence-corrected chi connectivity index (χ0v) is 14.6. The first-order valence-corrected chi connectivity index (χ1v) is 8.04. The normalized spacial score (nSPS) is 12.0. The van der Waals surface area contributed by atoms with Crippen LogP contribution in [0.1, 0.15) is 29.9 Å². The van der Waals surface area contributed by atoms with E-state index < -0.39 is 11.9 Å². The van der Waals surface area contributed by atoms with Crippen LogP contribution in [-0.4, -0.2) is 45.3 Å². The molecule has 1 unspecified atom stereocenters. The number of aromatic nitrogens is 2. The summed E-state index contributed by atoms with van der Waals surface area (Å²) < 4.78 is 1.66. The number of carbonyl (C=O) groups excluding carboxylic acids is 1. The molecule has 0 saturated heterocycles. The molecule has 0 aliphatic rings. The summed E-state index contributed by atoms with van der Waals surface area (Å²) in [6, 6.07) is 7.28. The Labute approximate surface area is 145 Å². The first-order chi connectivity index (χ1) is 11.4. The summed E-state index contributed by atoms with van der Waals surface area (Å²) in [4.78, 5) is 25.0. The lowest BCUT2D eigenvalue weighted by Gasteiger charge is -2.19. The van der Waals surface area contributed by atoms with Crippen molar-refractivity contribution < 1.29 is 14.7 Å². The van der Waals surface area contributed by atoms with Gasteiger partial charge in [-0.3, -0.25) is 9.59 Å². The molecule has 2 rings (SSSR count). The van der Waals surface area contributed by atoms with Crippen molar-refractivity contribution in [2.45, 2.75) is 20.3 Å². The predicted molar refractivity (Wildman–Crippen MR) is 91.7 cm³/mol. The summed E-state index contributed by atoms with van der Waals surface area (Å²) in [5, 5.41) is 13.8. The van der Waals surface area contributed by atoms with Crippen LogP contribution in [0.4, 0.5) is 0 Å². The van der Waals surface area contributed by atoms with Gasteiger partial charge in [0.2, 0.25) is 0 Å². The first kappa shape index (κ1) is 18.0. The number of carboxylic acids is 1. The SMILES string of the molecule is CCc1c(C(=O)N(C)CC(C)C(=O)O)cnn1-c1ccccc1Cl. The fourth-order valence-electron chi connectivity index (χ4n) is 2.50. The number of rotatable bonds is 6. The highest BCUT2D eigenvalue weighted by molar-refractivity contribution is 6.32. The van der Waals surface area contributed by atoms with Crippen molar-refractivity contribution in [1.29, 1.82) is 0 Å². The van der Waals surface area contributed by atoms with Crippen LogP contribution in [0, 0.1) is 5.92 Å². The van der Waals surface area contributed by atoms with Crippen LogP contribution in [-0.2, 0) is 11.2 Å². The van der Waals surface area contributed by atoms with E-state index in [9.17, 15) is 9.59 Å². The molecule has 0 fully saturated rings. The van der Waals surface area contributed by atoms with Gasteiger partial charge in [-0.25, -0.2) is 4.68 Å². The maximum absolute atomic E-state index is 12.7. The maximum atomic E-state index is 12.7. The van der Waals surface area contributed by atoms with Gasteiger partial charge in [-0.05, 0) is 18.6 Å². The van der Waals surface area contributed by atoms with Crippen LogP contribution in [0.3, 0.4) is 0 Å². The Kier molecular flexibility index (Phi) is 5.62. The molecule has 1 atom stereocenters. The number of carbonyl (C=O) groups is 2. The quantitative estimate of drug-likeness (QED) is 0.870. The molecule has 1 heterocycles. The summed E-state index contributed by atoms with van der Waals surface area (Å²) in [6.07, 6.45) is 2.10. The van der Waals surface area contributed by atoms with Gasteiger partial charge in [-0.15, -0.1) is 0 Å². The molecule has 0 aliphatic heterocycles. The molecule has 7 heteroatoms. The fourth-order valence-corrected chi connectivity index (χ4v) is 2.72. The number of hydrogen-bond donors (Lipinski definition) is 1. The summed E-state index contributed by atoms with van der Waals surface area (Å²) in [7, 11) is 1.59. The molecule has 0 aliphatic carbocycles. The van der Waals surface area contributed by atoms with Crippen molar-refractivity contribution in [1.82, 2.24) is 14.7 Å². The second-order valence-corrected chi connectivity index (χ2v) is 6.05. The summed E-state index contributed by atoms with van der Waals surface area (Å²) in [5.41, 5.74) is 1.90. The molecule has 1 N–H and O–H groups in total. The smallest absolute Gasteiger partial charge is 0.308 e. The molecule has 1 aromatic carbocycles. The Hall–Kier alpha value is -2.34. The largest absolute Gasteiger partial charge is 0.481 e. The molecule has 0 bridgehead atoms. The van der Waals surface area contributed by atoms with E-state index in [1.807, 2.05) is 25.1 Å². The fraction of sp³-hybridized carbons (Fsp3) is 0.353. The minimum Gasteiger partial charge on any atom is -0.481 e. The molecule has 0 saturated carbocycles. The third-order valence-electron chi connectivity index (χ3n) is 3.83. The third-order valence-corrected chi connectivity index (χ3v) is 4.15. The molecular formula is C17H20ClN3O3. The zero-order chi connectivity index (χ0) is 17.9. The Balaban J connectivity index is 2.34. The standard InChI is InChI=1S/C17H20ClN3O3/c1-4-14-12(16(22)20(3)10-11(2)17(23)24)9-19-21(14)15-8-6-5-7-13(15)18/h5-9,11H,4,10H2,1-3H3,(H,23,24). The van der Waals surface area contributed by atoms with E-state index in [2.05, 4.69) is 5.10 Å². The van der Waals surface area contributed by atoms with E-state index in [4.69, 9.17) is 16.7 Å². The third kappa shape index (κ3) is 3.59. The van der Waals surface area contributed by atoms with Crippen LogP contribution in [0.2, 0.25) is 5.02 Å². The van der Waals surface area contributed by atoms with E-state index in [-0.39, 0.29) is 12.5 Å². The lowest BCUT2D eigenvalue weighted by atomic mass is 10.1. The van der Waals surface area contributed by atoms with Gasteiger partial charge in [0.1, 0.15) is 0 Å². The maximum Gasteiger partial charge on any atom is 0.308 e. The van der Waals surface area contributed by atoms with Gasteiger partial charge in [-0.1, -0.05) is 37.6 Å². The number of nitrogens with zero attached hydrogens (tertiary/aromatic N) is 3. The van der Waals surface area contributed by atoms with Crippen molar-refractivity contribution in [3.05, 3.63) is 46.7 Å². The highest BCUT2D eigenvalue weighted by atomic mass is 35.5. The lowest BCUT2D eigenvalue weighted by Crippen LogP contribution is -2.34. The molecule has 6 nitrogen and oxygen atoms in total. The zero-order valence-electron chi connectivity index (χ0n) is 13.9. The van der Waals surface area contributed by atoms with Gasteiger partial charge in [-0.2, -0.15) is 5.10 Å². The number of benzene rings is 1. The van der Waals surface area contributed by atoms with Crippen molar-refractivity contribution in [2.24, 2.45) is 5.92 Å². The highest BCUT2D eigenvalue weighted by Gasteiger charge is 2.23. The topological polar surface area (TPSA) is 75.4 Å². The molecule has 1 aromatic heterocycles. The number of para-hydroxylation sites is 1. The molecule has 1 amide bonds. The van der Waals surface area contributed by atoms with Crippen molar-refractivity contribution in [3.8, 4) is 5.69 Å². The minimum atomic E-state index is -0.933. The summed E-state index contributed by atoms with van der Waals surface area (Å²) >= 11 is 6.22. The van der Waals surface area contributed by atoms with Crippen LogP contribution in [0.15, 0.2) is 30.5 Å². The summed E-state index contributed by atoms with van der Waals surface area (Å²) in [6.45, 7) is 3.63. The first-order valence-electron chi connectivity index (χ1n) is 7.66. The molecular weight excluding hydrogens is 330 g/mol. The number of hydrogen-bond acceptors (Lipinski definition) is 3. The van der Waals surface area contributed by atoms with Crippen molar-refractivity contribution >= 4 is 23.5 Å². The monoisotopic (exact) mass is 349 g/mol. The average molecular weight is 350 g/mol. The van der Waals surface area contributed by atoms with Crippen LogP contribution < -0.4 is 0 Å². The Morgan fingerprint density at radius 2 is 2.04 bits per heavy atom. The van der Waals surface area contributed by atoms with Gasteiger partial charge in [0.15, 0.2) is 0 Å². The van der Waals surface area contributed by atoms with Gasteiger partial charge in [0.25, 0.3) is 5.91 Å². The summed E-state index contributed by atoms with van der Waals surface area (Å²) in [5.74, 6) is -1.82. The molecule has 2 aromatic rings. The Bertz CT molecular complexity index is 757. The van der Waals surface area contributed by atoms with E-state index in [0.717, 1.165) is 5.69 Å². The Morgan fingerprint density at radius 3 is 2.62 bits per heavy atom. The van der Waals surface area contributed by atoms with E-state index >= 15 is 0 Å². The number of amides is 1. The molecule has 0 spiro atoms. The van der Waals surface area contributed by atoms with Crippen molar-refractivity contribution in [2.75, 3.05) is 13.6 Å². The van der Waals surface area contributed by atoms with Crippen LogP contribution in [0.5, 0.6) is 0 Å².